The summed E-state index contributed by atoms with van der Waals surface area (Å²) in [4.78, 5) is 0. The molecule has 0 aliphatic heterocycles. The van der Waals surface area contributed by atoms with Crippen LogP contribution in [0, 0.1) is 0 Å². The van der Waals surface area contributed by atoms with Gasteiger partial charge in [-0.2, -0.15) is 0 Å². The SMILES string of the molecule is c1ccc(Cn2cc(COc3ccccc3)nn2)cc1. The van der Waals surface area contributed by atoms with Gasteiger partial charge in [-0.1, -0.05) is 53.7 Å². The van der Waals surface area contributed by atoms with E-state index in [2.05, 4.69) is 22.4 Å². The Hall–Kier alpha value is -2.62. The second-order valence-corrected chi connectivity index (χ2v) is 4.49. The first kappa shape index (κ1) is 12.4. The van der Waals surface area contributed by atoms with E-state index in [1.165, 1.54) is 5.56 Å². The van der Waals surface area contributed by atoms with E-state index in [4.69, 9.17) is 4.74 Å². The van der Waals surface area contributed by atoms with Crippen LogP contribution in [0.1, 0.15) is 11.3 Å². The van der Waals surface area contributed by atoms with Crippen molar-refractivity contribution < 1.29 is 4.74 Å². The van der Waals surface area contributed by atoms with Crippen LogP contribution in [0.3, 0.4) is 0 Å². The molecule has 0 amide bonds. The van der Waals surface area contributed by atoms with Gasteiger partial charge in [0.05, 0.1) is 12.7 Å². The quantitative estimate of drug-likeness (QED) is 0.712. The third-order valence-corrected chi connectivity index (χ3v) is 2.90. The van der Waals surface area contributed by atoms with Crippen molar-refractivity contribution >= 4 is 0 Å². The summed E-state index contributed by atoms with van der Waals surface area (Å²) in [6.45, 7) is 1.15. The van der Waals surface area contributed by atoms with Crippen LogP contribution in [0.5, 0.6) is 5.75 Å². The van der Waals surface area contributed by atoms with E-state index in [1.54, 1.807) is 0 Å². The number of nitrogens with zero attached hydrogens (tertiary/aromatic N) is 3. The molecule has 0 atom stereocenters. The largest absolute Gasteiger partial charge is 0.487 e. The maximum atomic E-state index is 5.64. The monoisotopic (exact) mass is 265 g/mol. The number of benzene rings is 2. The predicted octanol–water partition coefficient (Wildman–Crippen LogP) is 2.91. The second kappa shape index (κ2) is 6.02. The summed E-state index contributed by atoms with van der Waals surface area (Å²) >= 11 is 0. The fraction of sp³-hybridized carbons (Fsp3) is 0.125. The average Bonchev–Trinajstić information content (AvgIpc) is 2.95. The van der Waals surface area contributed by atoms with Gasteiger partial charge in [0, 0.05) is 0 Å². The predicted molar refractivity (Wildman–Crippen MR) is 76.3 cm³/mol. The molecule has 0 aliphatic carbocycles. The van der Waals surface area contributed by atoms with E-state index in [0.717, 1.165) is 18.0 Å². The molecule has 0 aliphatic rings. The van der Waals surface area contributed by atoms with Crippen LogP contribution in [0.2, 0.25) is 0 Å². The molecule has 0 spiro atoms. The molecule has 0 saturated carbocycles. The molecule has 0 N–H and O–H groups in total. The van der Waals surface area contributed by atoms with Gasteiger partial charge in [0.25, 0.3) is 0 Å². The summed E-state index contributed by atoms with van der Waals surface area (Å²) in [7, 11) is 0. The Bertz CT molecular complexity index is 650. The van der Waals surface area contributed by atoms with Crippen LogP contribution in [-0.4, -0.2) is 15.0 Å². The molecular weight excluding hydrogens is 250 g/mol. The van der Waals surface area contributed by atoms with Gasteiger partial charge in [-0.05, 0) is 17.7 Å². The summed E-state index contributed by atoms with van der Waals surface area (Å²) in [6.07, 6.45) is 1.91. The highest BCUT2D eigenvalue weighted by molar-refractivity contribution is 5.21. The molecule has 0 saturated heterocycles. The molecule has 1 heterocycles. The zero-order valence-corrected chi connectivity index (χ0v) is 11.0. The first-order valence-corrected chi connectivity index (χ1v) is 6.51. The average molecular weight is 265 g/mol. The van der Waals surface area contributed by atoms with E-state index in [9.17, 15) is 0 Å². The highest BCUT2D eigenvalue weighted by Gasteiger charge is 2.02. The molecule has 0 fully saturated rings. The minimum atomic E-state index is 0.429. The Balaban J connectivity index is 1.60. The van der Waals surface area contributed by atoms with E-state index in [0.29, 0.717) is 6.61 Å². The van der Waals surface area contributed by atoms with Crippen molar-refractivity contribution in [3.8, 4) is 5.75 Å². The van der Waals surface area contributed by atoms with Gasteiger partial charge in [-0.3, -0.25) is 0 Å². The van der Waals surface area contributed by atoms with E-state index < -0.39 is 0 Å². The van der Waals surface area contributed by atoms with Crippen molar-refractivity contribution in [1.82, 2.24) is 15.0 Å². The number of aromatic nitrogens is 3. The number of hydrogen-bond acceptors (Lipinski definition) is 3. The Kier molecular flexibility index (Phi) is 3.73. The van der Waals surface area contributed by atoms with Crippen LogP contribution in [-0.2, 0) is 13.2 Å². The van der Waals surface area contributed by atoms with Crippen LogP contribution in [0.15, 0.2) is 66.9 Å². The smallest absolute Gasteiger partial charge is 0.134 e. The third-order valence-electron chi connectivity index (χ3n) is 2.90. The van der Waals surface area contributed by atoms with Gasteiger partial charge in [0.2, 0.25) is 0 Å². The van der Waals surface area contributed by atoms with Crippen molar-refractivity contribution in [2.75, 3.05) is 0 Å². The van der Waals surface area contributed by atoms with Crippen molar-refractivity contribution in [3.63, 3.8) is 0 Å². The molecule has 20 heavy (non-hydrogen) atoms. The summed E-state index contributed by atoms with van der Waals surface area (Å²) < 4.78 is 7.46. The molecule has 0 radical (unpaired) electrons. The highest BCUT2D eigenvalue weighted by Crippen LogP contribution is 2.10. The van der Waals surface area contributed by atoms with E-state index in [1.807, 2.05) is 59.4 Å². The van der Waals surface area contributed by atoms with Crippen molar-refractivity contribution in [3.05, 3.63) is 78.1 Å². The lowest BCUT2D eigenvalue weighted by atomic mass is 10.2. The Morgan fingerprint density at radius 3 is 2.35 bits per heavy atom. The first-order valence-electron chi connectivity index (χ1n) is 6.51. The normalized spacial score (nSPS) is 10.4. The Morgan fingerprint density at radius 2 is 1.60 bits per heavy atom. The lowest BCUT2D eigenvalue weighted by molar-refractivity contribution is 0.301. The van der Waals surface area contributed by atoms with Gasteiger partial charge in [0.15, 0.2) is 0 Å². The van der Waals surface area contributed by atoms with Gasteiger partial charge in [-0.15, -0.1) is 5.10 Å². The summed E-state index contributed by atoms with van der Waals surface area (Å²) in [5, 5.41) is 8.23. The van der Waals surface area contributed by atoms with Gasteiger partial charge in [0.1, 0.15) is 18.1 Å². The lowest BCUT2D eigenvalue weighted by Gasteiger charge is -2.02. The van der Waals surface area contributed by atoms with E-state index in [-0.39, 0.29) is 0 Å². The van der Waals surface area contributed by atoms with Gasteiger partial charge < -0.3 is 4.74 Å². The molecule has 1 aromatic heterocycles. The van der Waals surface area contributed by atoms with Crippen molar-refractivity contribution in [2.45, 2.75) is 13.2 Å². The molecule has 3 aromatic rings. The maximum absolute atomic E-state index is 5.64. The fourth-order valence-electron chi connectivity index (χ4n) is 1.93. The fourth-order valence-corrected chi connectivity index (χ4v) is 1.93. The number of rotatable bonds is 5. The third kappa shape index (κ3) is 3.23. The zero-order valence-electron chi connectivity index (χ0n) is 11.0. The topological polar surface area (TPSA) is 39.9 Å². The number of ether oxygens (including phenoxy) is 1. The molecule has 4 nitrogen and oxygen atoms in total. The Labute approximate surface area is 117 Å². The molecule has 3 rings (SSSR count). The molecule has 0 unspecified atom stereocenters. The molecular formula is C16H15N3O. The zero-order chi connectivity index (χ0) is 13.6. The number of para-hydroxylation sites is 1. The minimum Gasteiger partial charge on any atom is -0.487 e. The second-order valence-electron chi connectivity index (χ2n) is 4.49. The minimum absolute atomic E-state index is 0.429. The first-order chi connectivity index (χ1) is 9.90. The summed E-state index contributed by atoms with van der Waals surface area (Å²) in [5.41, 5.74) is 2.03. The standard InChI is InChI=1S/C16H15N3O/c1-3-7-14(8-4-1)11-19-12-15(17-18-19)13-20-16-9-5-2-6-10-16/h1-10,12H,11,13H2. The highest BCUT2D eigenvalue weighted by atomic mass is 16.5. The molecule has 0 bridgehead atoms. The Morgan fingerprint density at radius 1 is 0.900 bits per heavy atom. The van der Waals surface area contributed by atoms with Crippen LogP contribution >= 0.6 is 0 Å². The van der Waals surface area contributed by atoms with Crippen LogP contribution in [0.4, 0.5) is 0 Å². The number of hydrogen-bond donors (Lipinski definition) is 0. The van der Waals surface area contributed by atoms with Gasteiger partial charge >= 0.3 is 0 Å². The van der Waals surface area contributed by atoms with Crippen molar-refractivity contribution in [2.24, 2.45) is 0 Å². The van der Waals surface area contributed by atoms with Crippen molar-refractivity contribution in [1.29, 1.82) is 0 Å². The molecule has 2 aromatic carbocycles. The lowest BCUT2D eigenvalue weighted by Crippen LogP contribution is -2.00. The maximum Gasteiger partial charge on any atom is 0.134 e. The van der Waals surface area contributed by atoms with Crippen LogP contribution in [0.25, 0.3) is 0 Å². The van der Waals surface area contributed by atoms with Gasteiger partial charge in [-0.25, -0.2) is 4.68 Å². The van der Waals surface area contributed by atoms with Crippen LogP contribution < -0.4 is 4.74 Å². The molecule has 100 valence electrons. The molecule has 4 heteroatoms. The summed E-state index contributed by atoms with van der Waals surface area (Å²) in [6, 6.07) is 19.9. The summed E-state index contributed by atoms with van der Waals surface area (Å²) in [5.74, 6) is 0.838. The van der Waals surface area contributed by atoms with E-state index >= 15 is 0 Å².